The van der Waals surface area contributed by atoms with Crippen molar-refractivity contribution in [2.24, 2.45) is 0 Å². The molecule has 0 heterocycles. The van der Waals surface area contributed by atoms with Crippen LogP contribution in [0.1, 0.15) is 26.7 Å². The minimum atomic E-state index is -0.468. The van der Waals surface area contributed by atoms with Crippen molar-refractivity contribution < 1.29 is 19.1 Å². The number of rotatable bonds is 8. The summed E-state index contributed by atoms with van der Waals surface area (Å²) in [5, 5.41) is 2.61. The quantitative estimate of drug-likeness (QED) is 0.407. The van der Waals surface area contributed by atoms with Crippen molar-refractivity contribution in [3.8, 4) is 0 Å². The van der Waals surface area contributed by atoms with E-state index in [1.807, 2.05) is 0 Å². The van der Waals surface area contributed by atoms with Crippen LogP contribution < -0.4 is 5.32 Å². The molecule has 6 nitrogen and oxygen atoms in total. The molecule has 1 N–H and O–H groups in total. The van der Waals surface area contributed by atoms with Gasteiger partial charge in [-0.15, -0.1) is 0 Å². The highest BCUT2D eigenvalue weighted by Gasteiger charge is 2.08. The number of urea groups is 1. The molecule has 19 heavy (non-hydrogen) atoms. The summed E-state index contributed by atoms with van der Waals surface area (Å²) in [6.45, 7) is 7.40. The van der Waals surface area contributed by atoms with Crippen LogP contribution in [0.5, 0.6) is 0 Å². The van der Waals surface area contributed by atoms with Gasteiger partial charge in [0.1, 0.15) is 12.4 Å². The summed E-state index contributed by atoms with van der Waals surface area (Å²) in [7, 11) is 1.65. The van der Waals surface area contributed by atoms with Gasteiger partial charge >= 0.3 is 12.0 Å². The molecule has 0 radical (unpaired) electrons. The highest BCUT2D eigenvalue weighted by atomic mass is 16.5. The normalized spacial score (nSPS) is 9.63. The van der Waals surface area contributed by atoms with Crippen molar-refractivity contribution in [3.63, 3.8) is 0 Å². The molecule has 0 unspecified atom stereocenters. The van der Waals surface area contributed by atoms with Crippen molar-refractivity contribution in [3.05, 3.63) is 12.2 Å². The van der Waals surface area contributed by atoms with Crippen LogP contribution in [-0.4, -0.2) is 49.4 Å². The van der Waals surface area contributed by atoms with Crippen LogP contribution in [0.4, 0.5) is 4.79 Å². The standard InChI is InChI=1S/C13H22N2O4/c1-10(2)12(17)19-9-7-14-13(18)15(4)8-5-6-11(3)16/h1,5-9H2,2-4H3,(H,14,18). The van der Waals surface area contributed by atoms with Crippen LogP contribution in [0.15, 0.2) is 12.2 Å². The first-order chi connectivity index (χ1) is 8.84. The highest BCUT2D eigenvalue weighted by molar-refractivity contribution is 5.86. The van der Waals surface area contributed by atoms with Crippen molar-refractivity contribution in [1.29, 1.82) is 0 Å². The molecule has 0 bridgehead atoms. The molecule has 0 saturated carbocycles. The Hall–Kier alpha value is -1.85. The number of carbonyl (C=O) groups is 3. The van der Waals surface area contributed by atoms with Gasteiger partial charge in [0, 0.05) is 25.6 Å². The van der Waals surface area contributed by atoms with E-state index in [4.69, 9.17) is 4.74 Å². The van der Waals surface area contributed by atoms with E-state index in [1.165, 1.54) is 11.8 Å². The molecule has 0 aromatic heterocycles. The summed E-state index contributed by atoms with van der Waals surface area (Å²) >= 11 is 0. The van der Waals surface area contributed by atoms with Gasteiger partial charge in [-0.1, -0.05) is 6.58 Å². The van der Waals surface area contributed by atoms with E-state index in [1.54, 1.807) is 14.0 Å². The zero-order valence-electron chi connectivity index (χ0n) is 11.8. The molecular weight excluding hydrogens is 248 g/mol. The molecule has 2 amide bonds. The van der Waals surface area contributed by atoms with E-state index in [0.29, 0.717) is 25.0 Å². The monoisotopic (exact) mass is 270 g/mol. The smallest absolute Gasteiger partial charge is 0.333 e. The van der Waals surface area contributed by atoms with Crippen LogP contribution >= 0.6 is 0 Å². The number of amides is 2. The van der Waals surface area contributed by atoms with Gasteiger partial charge < -0.3 is 19.7 Å². The summed E-state index contributed by atoms with van der Waals surface area (Å²) in [5.41, 5.74) is 0.327. The van der Waals surface area contributed by atoms with Crippen molar-refractivity contribution in [2.75, 3.05) is 26.7 Å². The van der Waals surface area contributed by atoms with Gasteiger partial charge in [0.15, 0.2) is 0 Å². The van der Waals surface area contributed by atoms with E-state index in [-0.39, 0.29) is 25.0 Å². The zero-order chi connectivity index (χ0) is 14.8. The lowest BCUT2D eigenvalue weighted by atomic mass is 10.2. The van der Waals surface area contributed by atoms with Crippen LogP contribution in [0.3, 0.4) is 0 Å². The van der Waals surface area contributed by atoms with Crippen LogP contribution in [-0.2, 0) is 14.3 Å². The molecule has 0 aromatic rings. The van der Waals surface area contributed by atoms with Crippen molar-refractivity contribution in [2.45, 2.75) is 26.7 Å². The first kappa shape index (κ1) is 17.2. The van der Waals surface area contributed by atoms with Crippen molar-refractivity contribution >= 4 is 17.8 Å². The first-order valence-electron chi connectivity index (χ1n) is 6.15. The minimum absolute atomic E-state index is 0.110. The number of nitrogens with one attached hydrogen (secondary N) is 1. The first-order valence-corrected chi connectivity index (χ1v) is 6.15. The third kappa shape index (κ3) is 8.82. The number of ether oxygens (including phenoxy) is 1. The molecule has 0 atom stereocenters. The Kier molecular flexibility index (Phi) is 8.24. The van der Waals surface area contributed by atoms with E-state index in [9.17, 15) is 14.4 Å². The average Bonchev–Trinajstić information content (AvgIpc) is 2.33. The number of nitrogens with zero attached hydrogens (tertiary/aromatic N) is 1. The number of hydrogen-bond donors (Lipinski definition) is 1. The van der Waals surface area contributed by atoms with Gasteiger partial charge in [0.25, 0.3) is 0 Å². The molecule has 0 aromatic carbocycles. The largest absolute Gasteiger partial charge is 0.460 e. The van der Waals surface area contributed by atoms with E-state index in [2.05, 4.69) is 11.9 Å². The lowest BCUT2D eigenvalue weighted by molar-refractivity contribution is -0.138. The average molecular weight is 270 g/mol. The third-order valence-electron chi connectivity index (χ3n) is 2.33. The second-order valence-electron chi connectivity index (χ2n) is 4.38. The molecule has 0 spiro atoms. The number of carbonyl (C=O) groups excluding carboxylic acids is 3. The Labute approximate surface area is 113 Å². The van der Waals surface area contributed by atoms with Gasteiger partial charge in [-0.2, -0.15) is 0 Å². The Bertz CT molecular complexity index is 353. The lowest BCUT2D eigenvalue weighted by Crippen LogP contribution is -2.39. The SMILES string of the molecule is C=C(C)C(=O)OCCNC(=O)N(C)CCCC(C)=O. The fourth-order valence-corrected chi connectivity index (χ4v) is 1.23. The molecule has 0 aliphatic rings. The van der Waals surface area contributed by atoms with Crippen LogP contribution in [0.25, 0.3) is 0 Å². The maximum Gasteiger partial charge on any atom is 0.333 e. The van der Waals surface area contributed by atoms with E-state index < -0.39 is 5.97 Å². The molecular formula is C13H22N2O4. The maximum atomic E-state index is 11.6. The number of ketones is 1. The predicted molar refractivity (Wildman–Crippen MR) is 71.7 cm³/mol. The lowest BCUT2D eigenvalue weighted by Gasteiger charge is -2.17. The summed E-state index contributed by atoms with van der Waals surface area (Å²) < 4.78 is 4.83. The van der Waals surface area contributed by atoms with Gasteiger partial charge in [-0.3, -0.25) is 0 Å². The molecule has 0 rings (SSSR count). The summed E-state index contributed by atoms with van der Waals surface area (Å²) in [5.74, 6) is -0.357. The predicted octanol–water partition coefficient (Wildman–Crippen LogP) is 1.12. The second-order valence-corrected chi connectivity index (χ2v) is 4.38. The third-order valence-corrected chi connectivity index (χ3v) is 2.33. The molecule has 0 aliphatic heterocycles. The van der Waals surface area contributed by atoms with Gasteiger partial charge in [-0.25, -0.2) is 9.59 Å². The van der Waals surface area contributed by atoms with Gasteiger partial charge in [0.2, 0.25) is 0 Å². The summed E-state index contributed by atoms with van der Waals surface area (Å²) in [6, 6.07) is -0.255. The number of hydrogen-bond acceptors (Lipinski definition) is 4. The molecule has 108 valence electrons. The molecule has 0 saturated heterocycles. The van der Waals surface area contributed by atoms with Gasteiger partial charge in [-0.05, 0) is 20.3 Å². The van der Waals surface area contributed by atoms with Crippen LogP contribution in [0.2, 0.25) is 0 Å². The second kappa shape index (κ2) is 9.13. The molecule has 0 aliphatic carbocycles. The summed E-state index contributed by atoms with van der Waals surface area (Å²) in [4.78, 5) is 34.9. The Morgan fingerprint density at radius 1 is 1.26 bits per heavy atom. The minimum Gasteiger partial charge on any atom is -0.460 e. The maximum absolute atomic E-state index is 11.6. The Morgan fingerprint density at radius 3 is 2.42 bits per heavy atom. The number of Topliss-reactive ketones (excluding diaryl/α,β-unsaturated/α-hetero) is 1. The van der Waals surface area contributed by atoms with Crippen molar-refractivity contribution in [1.82, 2.24) is 10.2 Å². The highest BCUT2D eigenvalue weighted by Crippen LogP contribution is 1.95. The van der Waals surface area contributed by atoms with Crippen LogP contribution in [0, 0.1) is 0 Å². The molecule has 0 fully saturated rings. The van der Waals surface area contributed by atoms with Gasteiger partial charge in [0.05, 0.1) is 6.54 Å². The Morgan fingerprint density at radius 2 is 1.89 bits per heavy atom. The number of esters is 1. The fourth-order valence-electron chi connectivity index (χ4n) is 1.23. The zero-order valence-corrected chi connectivity index (χ0v) is 11.8. The summed E-state index contributed by atoms with van der Waals surface area (Å²) in [6.07, 6.45) is 1.11. The van der Waals surface area contributed by atoms with E-state index in [0.717, 1.165) is 0 Å². The Balaban J connectivity index is 3.70. The van der Waals surface area contributed by atoms with E-state index >= 15 is 0 Å². The fraction of sp³-hybridized carbons (Fsp3) is 0.615. The molecule has 6 heteroatoms. The topological polar surface area (TPSA) is 75.7 Å².